The van der Waals surface area contributed by atoms with Gasteiger partial charge in [0.15, 0.2) is 0 Å². The smallest absolute Gasteiger partial charge is 0.224 e. The van der Waals surface area contributed by atoms with E-state index in [4.69, 9.17) is 4.74 Å². The van der Waals surface area contributed by atoms with Crippen molar-refractivity contribution in [3.63, 3.8) is 0 Å². The molecule has 0 amide bonds. The van der Waals surface area contributed by atoms with Crippen LogP contribution < -0.4 is 15.0 Å². The SMILES string of the molecule is COc1ccccc1C1CNCCN1Cc1cnc(N(C)C)nc1.Cl. The third-order valence-electron chi connectivity index (χ3n) is 4.33. The highest BCUT2D eigenvalue weighted by atomic mass is 35.5. The van der Waals surface area contributed by atoms with Crippen molar-refractivity contribution in [1.29, 1.82) is 0 Å². The van der Waals surface area contributed by atoms with Gasteiger partial charge >= 0.3 is 0 Å². The first kappa shape index (κ1) is 19.4. The lowest BCUT2D eigenvalue weighted by molar-refractivity contribution is 0.150. The van der Waals surface area contributed by atoms with Gasteiger partial charge in [0.1, 0.15) is 5.75 Å². The van der Waals surface area contributed by atoms with Crippen LogP contribution in [0, 0.1) is 0 Å². The van der Waals surface area contributed by atoms with E-state index in [-0.39, 0.29) is 18.4 Å². The van der Waals surface area contributed by atoms with Crippen LogP contribution >= 0.6 is 12.4 Å². The number of para-hydroxylation sites is 1. The molecule has 0 spiro atoms. The summed E-state index contributed by atoms with van der Waals surface area (Å²) in [6.45, 7) is 3.72. The fourth-order valence-corrected chi connectivity index (χ4v) is 3.08. The zero-order valence-corrected chi connectivity index (χ0v) is 15.8. The van der Waals surface area contributed by atoms with E-state index >= 15 is 0 Å². The van der Waals surface area contributed by atoms with Gasteiger partial charge in [0.25, 0.3) is 0 Å². The minimum atomic E-state index is 0. The second-order valence-corrected chi connectivity index (χ2v) is 6.22. The van der Waals surface area contributed by atoms with Gasteiger partial charge in [-0.05, 0) is 6.07 Å². The van der Waals surface area contributed by atoms with Gasteiger partial charge in [-0.1, -0.05) is 18.2 Å². The number of hydrogen-bond donors (Lipinski definition) is 1. The second-order valence-electron chi connectivity index (χ2n) is 6.22. The van der Waals surface area contributed by atoms with E-state index in [1.54, 1.807) is 7.11 Å². The van der Waals surface area contributed by atoms with Crippen molar-refractivity contribution in [2.24, 2.45) is 0 Å². The average Bonchev–Trinajstić information content (AvgIpc) is 2.62. The van der Waals surface area contributed by atoms with Crippen molar-refractivity contribution in [1.82, 2.24) is 20.2 Å². The van der Waals surface area contributed by atoms with Crippen LogP contribution in [-0.4, -0.2) is 55.7 Å². The number of rotatable bonds is 5. The summed E-state index contributed by atoms with van der Waals surface area (Å²) >= 11 is 0. The molecule has 1 aliphatic heterocycles. The van der Waals surface area contributed by atoms with Crippen LogP contribution in [0.1, 0.15) is 17.2 Å². The lowest BCUT2D eigenvalue weighted by Crippen LogP contribution is -2.45. The molecule has 2 aromatic rings. The molecule has 1 aliphatic rings. The van der Waals surface area contributed by atoms with Crippen LogP contribution in [0.5, 0.6) is 5.75 Å². The third-order valence-corrected chi connectivity index (χ3v) is 4.33. The van der Waals surface area contributed by atoms with Crippen LogP contribution in [0.2, 0.25) is 0 Å². The van der Waals surface area contributed by atoms with Crippen molar-refractivity contribution in [2.45, 2.75) is 12.6 Å². The summed E-state index contributed by atoms with van der Waals surface area (Å²) in [7, 11) is 5.62. The average molecular weight is 364 g/mol. The molecule has 0 saturated carbocycles. The molecule has 1 unspecified atom stereocenters. The van der Waals surface area contributed by atoms with Gasteiger partial charge in [0.05, 0.1) is 13.2 Å². The molecule has 1 saturated heterocycles. The number of nitrogens with one attached hydrogen (secondary N) is 1. The molecule has 1 aromatic heterocycles. The van der Waals surface area contributed by atoms with E-state index in [1.165, 1.54) is 5.56 Å². The summed E-state index contributed by atoms with van der Waals surface area (Å²) in [5.41, 5.74) is 2.35. The number of halogens is 1. The van der Waals surface area contributed by atoms with E-state index in [0.717, 1.165) is 43.4 Å². The molecule has 6 nitrogen and oxygen atoms in total. The molecule has 3 rings (SSSR count). The monoisotopic (exact) mass is 363 g/mol. The lowest BCUT2D eigenvalue weighted by atomic mass is 10.0. The molecule has 0 radical (unpaired) electrons. The van der Waals surface area contributed by atoms with Gasteiger partial charge in [-0.25, -0.2) is 9.97 Å². The fourth-order valence-electron chi connectivity index (χ4n) is 3.08. The number of benzene rings is 1. The van der Waals surface area contributed by atoms with Crippen molar-refractivity contribution in [3.05, 3.63) is 47.8 Å². The molecular formula is C18H26ClN5O. The van der Waals surface area contributed by atoms with Crippen LogP contribution in [0.15, 0.2) is 36.7 Å². The lowest BCUT2D eigenvalue weighted by Gasteiger charge is -2.37. The number of piperazine rings is 1. The van der Waals surface area contributed by atoms with Crippen molar-refractivity contribution >= 4 is 18.4 Å². The molecular weight excluding hydrogens is 338 g/mol. The summed E-state index contributed by atoms with van der Waals surface area (Å²) in [5, 5.41) is 3.49. The quantitative estimate of drug-likeness (QED) is 0.878. The minimum Gasteiger partial charge on any atom is -0.496 e. The van der Waals surface area contributed by atoms with E-state index < -0.39 is 0 Å². The molecule has 2 heterocycles. The zero-order chi connectivity index (χ0) is 16.9. The van der Waals surface area contributed by atoms with Crippen molar-refractivity contribution in [2.75, 3.05) is 45.7 Å². The fraction of sp³-hybridized carbons (Fsp3) is 0.444. The largest absolute Gasteiger partial charge is 0.496 e. The van der Waals surface area contributed by atoms with Gasteiger partial charge in [0, 0.05) is 63.8 Å². The Bertz CT molecular complexity index is 665. The van der Waals surface area contributed by atoms with Crippen LogP contribution in [0.25, 0.3) is 0 Å². The maximum atomic E-state index is 5.55. The Balaban J connectivity index is 0.00000225. The van der Waals surface area contributed by atoms with Crippen LogP contribution in [0.4, 0.5) is 5.95 Å². The molecule has 25 heavy (non-hydrogen) atoms. The van der Waals surface area contributed by atoms with Crippen molar-refractivity contribution in [3.8, 4) is 5.75 Å². The summed E-state index contributed by atoms with van der Waals surface area (Å²) in [6.07, 6.45) is 3.84. The highest BCUT2D eigenvalue weighted by molar-refractivity contribution is 5.85. The molecule has 0 aliphatic carbocycles. The Kier molecular flexibility index (Phi) is 6.99. The minimum absolute atomic E-state index is 0. The van der Waals surface area contributed by atoms with Gasteiger partial charge < -0.3 is 15.0 Å². The van der Waals surface area contributed by atoms with E-state index in [0.29, 0.717) is 0 Å². The topological polar surface area (TPSA) is 53.5 Å². The first-order valence-electron chi connectivity index (χ1n) is 8.25. The Hall–Kier alpha value is -1.89. The van der Waals surface area contributed by atoms with Crippen molar-refractivity contribution < 1.29 is 4.74 Å². The Labute approximate surface area is 155 Å². The maximum Gasteiger partial charge on any atom is 0.224 e. The first-order valence-corrected chi connectivity index (χ1v) is 8.25. The van der Waals surface area contributed by atoms with E-state index in [9.17, 15) is 0 Å². The highest BCUT2D eigenvalue weighted by Gasteiger charge is 2.26. The van der Waals surface area contributed by atoms with Gasteiger partial charge in [0.2, 0.25) is 5.95 Å². The Morgan fingerprint density at radius 2 is 1.96 bits per heavy atom. The number of nitrogens with zero attached hydrogens (tertiary/aromatic N) is 4. The number of anilines is 1. The molecule has 136 valence electrons. The Morgan fingerprint density at radius 1 is 1.24 bits per heavy atom. The molecule has 1 N–H and O–H groups in total. The highest BCUT2D eigenvalue weighted by Crippen LogP contribution is 2.31. The predicted octanol–water partition coefficient (Wildman–Crippen LogP) is 2.12. The molecule has 1 aromatic carbocycles. The Morgan fingerprint density at radius 3 is 2.64 bits per heavy atom. The van der Waals surface area contributed by atoms with E-state index in [1.807, 2.05) is 43.5 Å². The maximum absolute atomic E-state index is 5.55. The number of hydrogen-bond acceptors (Lipinski definition) is 6. The van der Waals surface area contributed by atoms with Gasteiger partial charge in [-0.3, -0.25) is 4.90 Å². The summed E-state index contributed by atoms with van der Waals surface area (Å²) in [4.78, 5) is 13.2. The standard InChI is InChI=1S/C18H25N5O.ClH/c1-22(2)18-20-10-14(11-21-18)13-23-9-8-19-12-16(23)15-6-4-5-7-17(15)24-3;/h4-7,10-11,16,19H,8-9,12-13H2,1-3H3;1H. The van der Waals surface area contributed by atoms with E-state index in [2.05, 4.69) is 32.3 Å². The van der Waals surface area contributed by atoms with Gasteiger partial charge in [-0.2, -0.15) is 0 Å². The summed E-state index contributed by atoms with van der Waals surface area (Å²) in [5.74, 6) is 1.68. The van der Waals surface area contributed by atoms with Gasteiger partial charge in [-0.15, -0.1) is 12.4 Å². The third kappa shape index (κ3) is 4.60. The summed E-state index contributed by atoms with van der Waals surface area (Å²) in [6, 6.07) is 8.53. The first-order chi connectivity index (χ1) is 11.7. The number of ether oxygens (including phenoxy) is 1. The summed E-state index contributed by atoms with van der Waals surface area (Å²) < 4.78 is 5.55. The molecule has 1 fully saturated rings. The van der Waals surface area contributed by atoms with Crippen LogP contribution in [0.3, 0.4) is 0 Å². The normalized spacial score (nSPS) is 17.6. The number of methoxy groups -OCH3 is 1. The number of aromatic nitrogens is 2. The zero-order valence-electron chi connectivity index (χ0n) is 15.0. The molecule has 1 atom stereocenters. The molecule has 7 heteroatoms. The predicted molar refractivity (Wildman–Crippen MR) is 103 cm³/mol. The molecule has 0 bridgehead atoms. The second kappa shape index (κ2) is 8.99. The van der Waals surface area contributed by atoms with Crippen LogP contribution in [-0.2, 0) is 6.54 Å².